The minimum Gasteiger partial charge on any atom is -0.222 e. The Labute approximate surface area is 121 Å². The van der Waals surface area contributed by atoms with Crippen molar-refractivity contribution in [3.8, 4) is 0 Å². The van der Waals surface area contributed by atoms with Gasteiger partial charge >= 0.3 is 0 Å². The zero-order chi connectivity index (χ0) is 13.5. The molecular weight excluding hydrogens is 324 g/mol. The zero-order valence-electron chi connectivity index (χ0n) is 10.2. The maximum Gasteiger partial charge on any atom is 0.194 e. The van der Waals surface area contributed by atoms with Crippen molar-refractivity contribution in [2.24, 2.45) is 0 Å². The van der Waals surface area contributed by atoms with E-state index in [0.29, 0.717) is 17.7 Å². The number of benzene rings is 2. The summed E-state index contributed by atoms with van der Waals surface area (Å²) in [5.41, 5.74) is 2.22. The topological polar surface area (TPSA) is 34.1 Å². The second kappa shape index (κ2) is 4.46. The van der Waals surface area contributed by atoms with Gasteiger partial charge in [-0.15, -0.1) is 0 Å². The highest BCUT2D eigenvalue weighted by Crippen LogP contribution is 2.43. The van der Waals surface area contributed by atoms with Crippen LogP contribution in [-0.2, 0) is 22.7 Å². The maximum atomic E-state index is 12.8. The second-order valence-electron chi connectivity index (χ2n) is 4.82. The quantitative estimate of drug-likeness (QED) is 0.788. The lowest BCUT2D eigenvalue weighted by atomic mass is 10.1. The molecule has 19 heavy (non-hydrogen) atoms. The fourth-order valence-corrected chi connectivity index (χ4v) is 5.33. The lowest BCUT2D eigenvalue weighted by Crippen LogP contribution is -2.32. The van der Waals surface area contributed by atoms with E-state index in [1.807, 2.05) is 30.3 Å². The average molecular weight is 337 g/mol. The normalized spacial score (nSPS) is 17.1. The Morgan fingerprint density at radius 2 is 1.32 bits per heavy atom. The molecule has 0 aromatic heterocycles. The second-order valence-corrected chi connectivity index (χ2v) is 9.12. The number of sulfone groups is 1. The van der Waals surface area contributed by atoms with Crippen molar-refractivity contribution in [2.75, 3.05) is 0 Å². The Kier molecular flexibility index (Phi) is 3.02. The Morgan fingerprint density at radius 1 is 0.842 bits per heavy atom. The standard InChI is InChI=1S/C15H13BrO2S/c16-15(10-12-6-4-5-7-13(12)11-15)19(17,18)14-8-2-1-3-9-14/h1-9H,10-11H2. The van der Waals surface area contributed by atoms with Crippen LogP contribution in [0.15, 0.2) is 59.5 Å². The van der Waals surface area contributed by atoms with Crippen molar-refractivity contribution < 1.29 is 8.42 Å². The summed E-state index contributed by atoms with van der Waals surface area (Å²) in [5.74, 6) is 0. The summed E-state index contributed by atoms with van der Waals surface area (Å²) in [6, 6.07) is 16.5. The van der Waals surface area contributed by atoms with Gasteiger partial charge in [-0.05, 0) is 23.3 Å². The van der Waals surface area contributed by atoms with Gasteiger partial charge in [-0.25, -0.2) is 8.42 Å². The van der Waals surface area contributed by atoms with Crippen molar-refractivity contribution in [3.05, 3.63) is 65.7 Å². The molecule has 1 aliphatic carbocycles. The van der Waals surface area contributed by atoms with E-state index in [-0.39, 0.29) is 0 Å². The van der Waals surface area contributed by atoms with Gasteiger partial charge in [0, 0.05) is 12.8 Å². The number of fused-ring (bicyclic) bond motifs is 1. The first kappa shape index (κ1) is 12.9. The van der Waals surface area contributed by atoms with E-state index in [9.17, 15) is 8.42 Å². The fraction of sp³-hybridized carbons (Fsp3) is 0.200. The minimum atomic E-state index is -3.39. The molecule has 98 valence electrons. The lowest BCUT2D eigenvalue weighted by molar-refractivity contribution is 0.575. The van der Waals surface area contributed by atoms with E-state index in [0.717, 1.165) is 11.1 Å². The molecular formula is C15H13BrO2S. The number of hydrogen-bond donors (Lipinski definition) is 0. The lowest BCUT2D eigenvalue weighted by Gasteiger charge is -2.21. The van der Waals surface area contributed by atoms with Crippen molar-refractivity contribution >= 4 is 25.8 Å². The molecule has 0 aliphatic heterocycles. The summed E-state index contributed by atoms with van der Waals surface area (Å²) in [6.07, 6.45) is 1.03. The zero-order valence-corrected chi connectivity index (χ0v) is 12.6. The number of hydrogen-bond acceptors (Lipinski definition) is 2. The summed E-state index contributed by atoms with van der Waals surface area (Å²) in [6.45, 7) is 0. The van der Waals surface area contributed by atoms with Crippen molar-refractivity contribution in [2.45, 2.75) is 21.4 Å². The number of rotatable bonds is 2. The fourth-order valence-electron chi connectivity index (χ4n) is 2.53. The molecule has 0 saturated carbocycles. The molecule has 2 aromatic carbocycles. The van der Waals surface area contributed by atoms with Gasteiger partial charge in [-0.3, -0.25) is 0 Å². The SMILES string of the molecule is O=S(=O)(c1ccccc1)C1(Br)Cc2ccccc2C1. The van der Waals surface area contributed by atoms with Crippen LogP contribution < -0.4 is 0 Å². The van der Waals surface area contributed by atoms with E-state index < -0.39 is 13.5 Å². The highest BCUT2D eigenvalue weighted by Gasteiger charge is 2.46. The van der Waals surface area contributed by atoms with Gasteiger partial charge < -0.3 is 0 Å². The van der Waals surface area contributed by atoms with E-state index in [1.165, 1.54) is 0 Å². The van der Waals surface area contributed by atoms with Crippen molar-refractivity contribution in [3.63, 3.8) is 0 Å². The smallest absolute Gasteiger partial charge is 0.194 e. The molecule has 0 heterocycles. The highest BCUT2D eigenvalue weighted by molar-refractivity contribution is 9.11. The first-order chi connectivity index (χ1) is 9.03. The van der Waals surface area contributed by atoms with Crippen LogP contribution in [0.1, 0.15) is 11.1 Å². The van der Waals surface area contributed by atoms with Crippen LogP contribution in [0.2, 0.25) is 0 Å². The predicted octanol–water partition coefficient (Wildman–Crippen LogP) is 3.35. The monoisotopic (exact) mass is 336 g/mol. The molecule has 1 aliphatic rings. The molecule has 0 fully saturated rings. The molecule has 4 heteroatoms. The van der Waals surface area contributed by atoms with Gasteiger partial charge in [-0.1, -0.05) is 58.4 Å². The first-order valence-corrected chi connectivity index (χ1v) is 8.36. The van der Waals surface area contributed by atoms with Crippen LogP contribution in [0.4, 0.5) is 0 Å². The summed E-state index contributed by atoms with van der Waals surface area (Å²) >= 11 is 3.50. The molecule has 0 saturated heterocycles. The third kappa shape index (κ3) is 2.03. The molecule has 0 radical (unpaired) electrons. The average Bonchev–Trinajstić information content (AvgIpc) is 2.77. The van der Waals surface area contributed by atoms with Crippen molar-refractivity contribution in [1.82, 2.24) is 0 Å². The third-order valence-electron chi connectivity index (χ3n) is 3.56. The predicted molar refractivity (Wildman–Crippen MR) is 79.1 cm³/mol. The molecule has 0 amide bonds. The molecule has 0 unspecified atom stereocenters. The minimum absolute atomic E-state index is 0.375. The van der Waals surface area contributed by atoms with Gasteiger partial charge in [-0.2, -0.15) is 0 Å². The number of halogens is 1. The van der Waals surface area contributed by atoms with E-state index in [2.05, 4.69) is 15.9 Å². The van der Waals surface area contributed by atoms with Crippen LogP contribution in [-0.4, -0.2) is 12.1 Å². The van der Waals surface area contributed by atoms with Crippen LogP contribution in [0, 0.1) is 0 Å². The van der Waals surface area contributed by atoms with Gasteiger partial charge in [0.25, 0.3) is 0 Å². The maximum absolute atomic E-state index is 12.8. The van der Waals surface area contributed by atoms with Crippen LogP contribution >= 0.6 is 15.9 Å². The summed E-state index contributed by atoms with van der Waals surface area (Å²) < 4.78 is 24.6. The van der Waals surface area contributed by atoms with E-state index in [4.69, 9.17) is 0 Å². The van der Waals surface area contributed by atoms with Gasteiger partial charge in [0.2, 0.25) is 0 Å². The molecule has 2 aromatic rings. The first-order valence-electron chi connectivity index (χ1n) is 6.08. The van der Waals surface area contributed by atoms with Crippen molar-refractivity contribution in [1.29, 1.82) is 0 Å². The molecule has 0 bridgehead atoms. The Hall–Kier alpha value is -1.13. The third-order valence-corrected chi connectivity index (χ3v) is 7.55. The van der Waals surface area contributed by atoms with Crippen LogP contribution in [0.25, 0.3) is 0 Å². The van der Waals surface area contributed by atoms with Crippen LogP contribution in [0.3, 0.4) is 0 Å². The Morgan fingerprint density at radius 3 is 1.84 bits per heavy atom. The van der Waals surface area contributed by atoms with E-state index >= 15 is 0 Å². The molecule has 2 nitrogen and oxygen atoms in total. The van der Waals surface area contributed by atoms with Gasteiger partial charge in [0.15, 0.2) is 9.84 Å². The van der Waals surface area contributed by atoms with Gasteiger partial charge in [0.05, 0.1) is 4.90 Å². The summed E-state index contributed by atoms with van der Waals surface area (Å²) in [5, 5.41) is 0. The molecule has 0 spiro atoms. The Bertz CT molecular complexity index is 683. The highest BCUT2D eigenvalue weighted by atomic mass is 79.9. The largest absolute Gasteiger partial charge is 0.222 e. The molecule has 0 atom stereocenters. The number of alkyl halides is 1. The molecule has 3 rings (SSSR count). The summed E-state index contributed by atoms with van der Waals surface area (Å²) in [4.78, 5) is 0.375. The van der Waals surface area contributed by atoms with Gasteiger partial charge in [0.1, 0.15) is 3.66 Å². The van der Waals surface area contributed by atoms with Crippen LogP contribution in [0.5, 0.6) is 0 Å². The van der Waals surface area contributed by atoms with E-state index in [1.54, 1.807) is 24.3 Å². The summed E-state index contributed by atoms with van der Waals surface area (Å²) in [7, 11) is -3.39. The molecule has 0 N–H and O–H groups in total. The Balaban J connectivity index is 2.05.